The molecule has 0 aromatic carbocycles. The van der Waals surface area contributed by atoms with E-state index in [9.17, 15) is 8.60 Å². The fraction of sp³-hybridized carbons (Fsp3) is 0.409. The van der Waals surface area contributed by atoms with Gasteiger partial charge in [0.25, 0.3) is 0 Å². The number of rotatable bonds is 8. The van der Waals surface area contributed by atoms with Gasteiger partial charge < -0.3 is 14.8 Å². The first-order valence-electron chi connectivity index (χ1n) is 10.7. The molecule has 4 heterocycles. The van der Waals surface area contributed by atoms with Crippen LogP contribution in [0, 0.1) is 18.7 Å². The van der Waals surface area contributed by atoms with Crippen molar-refractivity contribution in [3.05, 3.63) is 41.2 Å². The van der Waals surface area contributed by atoms with E-state index < -0.39 is 16.8 Å². The van der Waals surface area contributed by atoms with Gasteiger partial charge in [-0.2, -0.15) is 0 Å². The standard InChI is InChI=1S/C22H25ClFN5O3S2/c1-12(14-4-6-32-7-5-14)27-22-28-13(2)20(33-22)15-8-18(21(31-3)26-9-15)34(30)29-19-16(23)10-25-11-17(19)24/h8-12,14H,4-7H2,1-3H3,(H,25,29)(H,27,28). The largest absolute Gasteiger partial charge is 0.480 e. The Hall–Kier alpha value is -2.34. The summed E-state index contributed by atoms with van der Waals surface area (Å²) in [6, 6.07) is 1.97. The number of nitrogens with one attached hydrogen (secondary N) is 2. The monoisotopic (exact) mass is 525 g/mol. The SMILES string of the molecule is COc1ncc(-c2sc(NC(C)C3CCOCC3)nc2C)cc1S(=O)Nc1c(F)cncc1Cl. The van der Waals surface area contributed by atoms with Gasteiger partial charge in [-0.05, 0) is 38.7 Å². The lowest BCUT2D eigenvalue weighted by molar-refractivity contribution is 0.0622. The molecule has 0 radical (unpaired) electrons. The number of hydrogen-bond donors (Lipinski definition) is 2. The second kappa shape index (κ2) is 10.9. The molecule has 3 aromatic rings. The van der Waals surface area contributed by atoms with Crippen LogP contribution in [-0.2, 0) is 15.7 Å². The van der Waals surface area contributed by atoms with Gasteiger partial charge in [0.05, 0.1) is 28.9 Å². The van der Waals surface area contributed by atoms with Crippen molar-refractivity contribution in [2.24, 2.45) is 5.92 Å². The molecule has 0 bridgehead atoms. The van der Waals surface area contributed by atoms with E-state index in [1.54, 1.807) is 12.3 Å². The lowest BCUT2D eigenvalue weighted by Gasteiger charge is -2.28. The smallest absolute Gasteiger partial charge is 0.231 e. The summed E-state index contributed by atoms with van der Waals surface area (Å²) in [6.07, 6.45) is 5.96. The highest BCUT2D eigenvalue weighted by Crippen LogP contribution is 2.36. The van der Waals surface area contributed by atoms with Gasteiger partial charge in [-0.1, -0.05) is 22.9 Å². The van der Waals surface area contributed by atoms with Crippen molar-refractivity contribution >= 4 is 44.7 Å². The molecule has 1 aliphatic heterocycles. The highest BCUT2D eigenvalue weighted by molar-refractivity contribution is 7.86. The summed E-state index contributed by atoms with van der Waals surface area (Å²) in [6.45, 7) is 5.66. The van der Waals surface area contributed by atoms with Crippen LogP contribution >= 0.6 is 22.9 Å². The Morgan fingerprint density at radius 1 is 1.32 bits per heavy atom. The van der Waals surface area contributed by atoms with Crippen LogP contribution in [-0.4, -0.2) is 45.5 Å². The number of halogens is 2. The third kappa shape index (κ3) is 5.48. The molecule has 3 aromatic heterocycles. The van der Waals surface area contributed by atoms with Crippen molar-refractivity contribution in [3.8, 4) is 16.3 Å². The molecule has 2 unspecified atom stereocenters. The van der Waals surface area contributed by atoms with E-state index in [2.05, 4.69) is 31.9 Å². The molecule has 4 rings (SSSR count). The van der Waals surface area contributed by atoms with Crippen LogP contribution in [0.15, 0.2) is 29.6 Å². The minimum Gasteiger partial charge on any atom is -0.480 e. The summed E-state index contributed by atoms with van der Waals surface area (Å²) in [4.78, 5) is 13.8. The zero-order valence-corrected chi connectivity index (χ0v) is 21.3. The molecule has 1 fully saturated rings. The van der Waals surface area contributed by atoms with Gasteiger partial charge in [-0.3, -0.25) is 9.71 Å². The highest BCUT2D eigenvalue weighted by atomic mass is 35.5. The van der Waals surface area contributed by atoms with Crippen LogP contribution < -0.4 is 14.8 Å². The van der Waals surface area contributed by atoms with Crippen molar-refractivity contribution in [1.29, 1.82) is 0 Å². The lowest BCUT2D eigenvalue weighted by Crippen LogP contribution is -2.30. The number of aromatic nitrogens is 3. The van der Waals surface area contributed by atoms with E-state index >= 15 is 0 Å². The Balaban J connectivity index is 1.58. The van der Waals surface area contributed by atoms with Crippen LogP contribution in [0.2, 0.25) is 5.02 Å². The van der Waals surface area contributed by atoms with Crippen molar-refractivity contribution in [1.82, 2.24) is 15.0 Å². The molecular weight excluding hydrogens is 501 g/mol. The van der Waals surface area contributed by atoms with Crippen LogP contribution in [0.5, 0.6) is 5.88 Å². The zero-order chi connectivity index (χ0) is 24.2. The van der Waals surface area contributed by atoms with E-state index in [4.69, 9.17) is 21.1 Å². The quantitative estimate of drug-likeness (QED) is 0.423. The maximum Gasteiger partial charge on any atom is 0.231 e. The van der Waals surface area contributed by atoms with Crippen LogP contribution in [0.1, 0.15) is 25.5 Å². The van der Waals surface area contributed by atoms with Gasteiger partial charge in [-0.25, -0.2) is 18.6 Å². The Morgan fingerprint density at radius 2 is 2.09 bits per heavy atom. The Kier molecular flexibility index (Phi) is 7.97. The maximum atomic E-state index is 14.1. The summed E-state index contributed by atoms with van der Waals surface area (Å²) in [7, 11) is -0.465. The van der Waals surface area contributed by atoms with E-state index in [0.717, 1.165) is 53.5 Å². The lowest BCUT2D eigenvalue weighted by atomic mass is 9.93. The third-order valence-electron chi connectivity index (χ3n) is 5.64. The molecule has 0 amide bonds. The molecule has 2 N–H and O–H groups in total. The van der Waals surface area contributed by atoms with Gasteiger partial charge in [0.15, 0.2) is 21.9 Å². The molecule has 2 atom stereocenters. The summed E-state index contributed by atoms with van der Waals surface area (Å²) in [5.74, 6) is -0.0185. The number of nitrogens with zero attached hydrogens (tertiary/aromatic N) is 3. The number of ether oxygens (including phenoxy) is 2. The number of methoxy groups -OCH3 is 1. The number of thiazole rings is 1. The number of pyridine rings is 2. The molecular formula is C22H25ClFN5O3S2. The van der Waals surface area contributed by atoms with Crippen LogP contribution in [0.25, 0.3) is 10.4 Å². The van der Waals surface area contributed by atoms with Crippen molar-refractivity contribution in [2.75, 3.05) is 30.4 Å². The normalized spacial score (nSPS) is 16.1. The first-order valence-corrected chi connectivity index (χ1v) is 13.0. The molecule has 0 spiro atoms. The third-order valence-corrected chi connectivity index (χ3v) is 8.15. The molecule has 182 valence electrons. The van der Waals surface area contributed by atoms with Crippen molar-refractivity contribution in [3.63, 3.8) is 0 Å². The molecule has 8 nitrogen and oxygen atoms in total. The summed E-state index contributed by atoms with van der Waals surface area (Å²) >= 11 is 7.52. The highest BCUT2D eigenvalue weighted by Gasteiger charge is 2.23. The fourth-order valence-electron chi connectivity index (χ4n) is 3.75. The Morgan fingerprint density at radius 3 is 2.79 bits per heavy atom. The molecule has 34 heavy (non-hydrogen) atoms. The second-order valence-corrected chi connectivity index (χ2v) is 10.5. The average molecular weight is 526 g/mol. The first kappa shape index (κ1) is 24.8. The predicted molar refractivity (Wildman–Crippen MR) is 132 cm³/mol. The van der Waals surface area contributed by atoms with Gasteiger partial charge >= 0.3 is 0 Å². The topological polar surface area (TPSA) is 98.3 Å². The number of aryl methyl sites for hydroxylation is 1. The average Bonchev–Trinajstić information content (AvgIpc) is 3.21. The van der Waals surface area contributed by atoms with Gasteiger partial charge in [0, 0.05) is 37.2 Å². The Bertz CT molecular complexity index is 1170. The van der Waals surface area contributed by atoms with E-state index in [-0.39, 0.29) is 27.5 Å². The van der Waals surface area contributed by atoms with Gasteiger partial charge in [0.1, 0.15) is 10.6 Å². The summed E-state index contributed by atoms with van der Waals surface area (Å²) in [5, 5.41) is 4.35. The molecule has 1 aliphatic rings. The molecule has 12 heteroatoms. The minimum absolute atomic E-state index is 0.0177. The zero-order valence-electron chi connectivity index (χ0n) is 18.9. The maximum absolute atomic E-state index is 14.1. The Labute approximate surface area is 208 Å². The van der Waals surface area contributed by atoms with Crippen LogP contribution in [0.4, 0.5) is 15.2 Å². The van der Waals surface area contributed by atoms with Gasteiger partial charge in [-0.15, -0.1) is 0 Å². The van der Waals surface area contributed by atoms with Gasteiger partial charge in [0.2, 0.25) is 5.88 Å². The first-order chi connectivity index (χ1) is 16.4. The van der Waals surface area contributed by atoms with Crippen LogP contribution in [0.3, 0.4) is 0 Å². The van der Waals surface area contributed by atoms with Crippen molar-refractivity contribution < 1.29 is 18.1 Å². The van der Waals surface area contributed by atoms with E-state index in [1.807, 2.05) is 6.92 Å². The molecule has 0 aliphatic carbocycles. The number of hydrogen-bond acceptors (Lipinski definition) is 8. The predicted octanol–water partition coefficient (Wildman–Crippen LogP) is 5.07. The van der Waals surface area contributed by atoms with E-state index in [1.165, 1.54) is 24.6 Å². The number of anilines is 2. The summed E-state index contributed by atoms with van der Waals surface area (Å²) in [5.41, 5.74) is 1.45. The molecule has 0 saturated carbocycles. The minimum atomic E-state index is -1.90. The van der Waals surface area contributed by atoms with Crippen molar-refractivity contribution in [2.45, 2.75) is 37.6 Å². The fourth-order valence-corrected chi connectivity index (χ4v) is 6.08. The second-order valence-electron chi connectivity index (χ2n) is 7.90. The van der Waals surface area contributed by atoms with E-state index in [0.29, 0.717) is 5.92 Å². The molecule has 1 saturated heterocycles. The summed E-state index contributed by atoms with van der Waals surface area (Å²) < 4.78 is 40.6.